The Morgan fingerprint density at radius 1 is 0.829 bits per heavy atom. The minimum absolute atomic E-state index is 0.0606. The third-order valence-electron chi connectivity index (χ3n) is 6.28. The molecular formula is C32H41N3. The molecule has 184 valence electrons. The predicted octanol–water partition coefficient (Wildman–Crippen LogP) is 8.69. The van der Waals surface area contributed by atoms with E-state index in [1.54, 1.807) is 0 Å². The molecule has 0 radical (unpaired) electrons. The van der Waals surface area contributed by atoms with Crippen molar-refractivity contribution >= 4 is 23.3 Å². The number of pyridine rings is 1. The van der Waals surface area contributed by atoms with Crippen LogP contribution in [0.1, 0.15) is 87.7 Å². The average molecular weight is 468 g/mol. The van der Waals surface area contributed by atoms with E-state index in [0.29, 0.717) is 6.42 Å². The van der Waals surface area contributed by atoms with Gasteiger partial charge in [-0.2, -0.15) is 0 Å². The van der Waals surface area contributed by atoms with Crippen LogP contribution in [0.4, 0.5) is 11.4 Å². The van der Waals surface area contributed by atoms with Gasteiger partial charge in [0.25, 0.3) is 0 Å². The average Bonchev–Trinajstić information content (AvgIpc) is 2.74. The molecule has 0 amide bonds. The Balaban J connectivity index is 1.88. The minimum Gasteiger partial charge on any atom is -0.260 e. The highest BCUT2D eigenvalue weighted by Gasteiger charge is 2.20. The van der Waals surface area contributed by atoms with Crippen LogP contribution in [-0.4, -0.2) is 16.9 Å². The summed E-state index contributed by atoms with van der Waals surface area (Å²) in [6, 6.07) is 17.2. The van der Waals surface area contributed by atoms with Gasteiger partial charge in [-0.05, 0) is 85.0 Å². The molecule has 0 fully saturated rings. The van der Waals surface area contributed by atoms with Crippen molar-refractivity contribution in [2.75, 3.05) is 0 Å². The molecule has 3 heteroatoms. The number of aryl methyl sites for hydroxylation is 3. The molecule has 0 saturated heterocycles. The number of aromatic nitrogens is 1. The second-order valence-corrected chi connectivity index (χ2v) is 11.7. The monoisotopic (exact) mass is 467 g/mol. The quantitative estimate of drug-likeness (QED) is 0.346. The first kappa shape index (κ1) is 26.5. The van der Waals surface area contributed by atoms with Crippen LogP contribution >= 0.6 is 0 Å². The van der Waals surface area contributed by atoms with Gasteiger partial charge in [0, 0.05) is 18.3 Å². The van der Waals surface area contributed by atoms with Gasteiger partial charge in [-0.25, -0.2) is 0 Å². The summed E-state index contributed by atoms with van der Waals surface area (Å²) >= 11 is 0. The first-order valence-electron chi connectivity index (χ1n) is 12.5. The smallest absolute Gasteiger partial charge is 0.0845 e. The first-order chi connectivity index (χ1) is 16.2. The van der Waals surface area contributed by atoms with Crippen molar-refractivity contribution in [1.82, 2.24) is 4.98 Å². The van der Waals surface area contributed by atoms with Crippen molar-refractivity contribution in [2.45, 2.75) is 86.5 Å². The Bertz CT molecular complexity index is 1210. The highest BCUT2D eigenvalue weighted by atomic mass is 14.8. The molecule has 0 aliphatic carbocycles. The van der Waals surface area contributed by atoms with Gasteiger partial charge < -0.3 is 0 Å². The zero-order chi connectivity index (χ0) is 26.0. The molecule has 3 nitrogen and oxygen atoms in total. The molecule has 0 aliphatic rings. The van der Waals surface area contributed by atoms with Gasteiger partial charge in [0.15, 0.2) is 0 Å². The number of rotatable bonds is 5. The van der Waals surface area contributed by atoms with E-state index in [0.717, 1.165) is 28.5 Å². The minimum atomic E-state index is 0.0606. The largest absolute Gasteiger partial charge is 0.260 e. The molecule has 0 unspecified atom stereocenters. The lowest BCUT2D eigenvalue weighted by Crippen LogP contribution is -2.16. The second-order valence-electron chi connectivity index (χ2n) is 11.7. The number of aliphatic imine (C=N–C) groups is 2. The van der Waals surface area contributed by atoms with E-state index < -0.39 is 0 Å². The van der Waals surface area contributed by atoms with Crippen LogP contribution < -0.4 is 0 Å². The molecule has 0 N–H and O–H groups in total. The molecule has 1 heterocycles. The summed E-state index contributed by atoms with van der Waals surface area (Å²) < 4.78 is 0. The normalized spacial score (nSPS) is 13.0. The Morgan fingerprint density at radius 2 is 1.40 bits per heavy atom. The number of hydrogen-bond acceptors (Lipinski definition) is 3. The molecule has 3 rings (SSSR count). The molecule has 0 aliphatic heterocycles. The van der Waals surface area contributed by atoms with Crippen LogP contribution in [0.15, 0.2) is 58.5 Å². The van der Waals surface area contributed by atoms with Gasteiger partial charge in [0.1, 0.15) is 0 Å². The van der Waals surface area contributed by atoms with Crippen LogP contribution in [0.5, 0.6) is 0 Å². The summed E-state index contributed by atoms with van der Waals surface area (Å²) in [4.78, 5) is 14.6. The molecule has 0 atom stereocenters. The highest BCUT2D eigenvalue weighted by molar-refractivity contribution is 5.98. The van der Waals surface area contributed by atoms with E-state index >= 15 is 0 Å². The molecule has 2 aromatic carbocycles. The van der Waals surface area contributed by atoms with Gasteiger partial charge in [0.05, 0.1) is 22.8 Å². The summed E-state index contributed by atoms with van der Waals surface area (Å²) in [5, 5.41) is 0. The predicted molar refractivity (Wildman–Crippen MR) is 152 cm³/mol. The van der Waals surface area contributed by atoms with Crippen molar-refractivity contribution in [3.63, 3.8) is 0 Å². The third kappa shape index (κ3) is 6.97. The second kappa shape index (κ2) is 10.3. The van der Waals surface area contributed by atoms with Crippen LogP contribution in [0.2, 0.25) is 0 Å². The van der Waals surface area contributed by atoms with Crippen molar-refractivity contribution in [3.8, 4) is 0 Å². The van der Waals surface area contributed by atoms with E-state index in [1.165, 1.54) is 27.8 Å². The first-order valence-corrected chi connectivity index (χ1v) is 12.5. The maximum Gasteiger partial charge on any atom is 0.0845 e. The van der Waals surface area contributed by atoms with Crippen molar-refractivity contribution in [3.05, 3.63) is 87.7 Å². The molecule has 0 saturated carbocycles. The highest BCUT2D eigenvalue weighted by Crippen LogP contribution is 2.33. The van der Waals surface area contributed by atoms with E-state index in [-0.39, 0.29) is 10.8 Å². The lowest BCUT2D eigenvalue weighted by Gasteiger charge is -2.25. The summed E-state index contributed by atoms with van der Waals surface area (Å²) in [5.74, 6) is 0. The van der Waals surface area contributed by atoms with Gasteiger partial charge in [0.2, 0.25) is 0 Å². The molecule has 1 aromatic heterocycles. The lowest BCUT2D eigenvalue weighted by atomic mass is 9.80. The fourth-order valence-electron chi connectivity index (χ4n) is 4.19. The maximum atomic E-state index is 5.00. The fraction of sp³-hybridized carbons (Fsp3) is 0.406. The number of benzene rings is 2. The zero-order valence-electron chi connectivity index (χ0n) is 23.2. The third-order valence-corrected chi connectivity index (χ3v) is 6.28. The number of nitrogens with zero attached hydrogens (tertiary/aromatic N) is 3. The van der Waals surface area contributed by atoms with Crippen molar-refractivity contribution < 1.29 is 0 Å². The van der Waals surface area contributed by atoms with Crippen molar-refractivity contribution in [2.24, 2.45) is 9.98 Å². The molecule has 35 heavy (non-hydrogen) atoms. The summed E-state index contributed by atoms with van der Waals surface area (Å²) in [5.41, 5.74) is 11.2. The van der Waals surface area contributed by atoms with E-state index in [4.69, 9.17) is 15.0 Å². The Morgan fingerprint density at radius 3 is 1.94 bits per heavy atom. The Labute approximate surface area is 212 Å². The van der Waals surface area contributed by atoms with Crippen LogP contribution in [0, 0.1) is 20.8 Å². The lowest BCUT2D eigenvalue weighted by molar-refractivity contribution is 0.569. The zero-order valence-corrected chi connectivity index (χ0v) is 23.2. The molecular weight excluding hydrogens is 426 g/mol. The summed E-state index contributed by atoms with van der Waals surface area (Å²) in [6.45, 7) is 21.9. The van der Waals surface area contributed by atoms with Gasteiger partial charge in [-0.1, -0.05) is 71.4 Å². The molecule has 3 aromatic rings. The van der Waals surface area contributed by atoms with Gasteiger partial charge in [-0.15, -0.1) is 0 Å². The van der Waals surface area contributed by atoms with Crippen LogP contribution in [0.3, 0.4) is 0 Å². The fourth-order valence-corrected chi connectivity index (χ4v) is 4.19. The Hall–Kier alpha value is -3.07. The standard InChI is InChI=1S/C32H41N3/c1-21-16-22(2)30(23(3)17-21)33-15-14-27-12-11-13-29(35-27)24(4)34-28-19-25(31(5,6)7)18-26(20-28)32(8,9)10/h11-13,15-20H,14H2,1-10H3. The molecule has 0 bridgehead atoms. The van der Waals surface area contributed by atoms with E-state index in [9.17, 15) is 0 Å². The summed E-state index contributed by atoms with van der Waals surface area (Å²) in [7, 11) is 0. The number of hydrogen-bond donors (Lipinski definition) is 0. The van der Waals surface area contributed by atoms with Gasteiger partial charge in [-0.3, -0.25) is 15.0 Å². The summed E-state index contributed by atoms with van der Waals surface area (Å²) in [6.07, 6.45) is 2.65. The van der Waals surface area contributed by atoms with Crippen molar-refractivity contribution in [1.29, 1.82) is 0 Å². The van der Waals surface area contributed by atoms with E-state index in [2.05, 4.69) is 105 Å². The maximum absolute atomic E-state index is 5.00. The van der Waals surface area contributed by atoms with E-state index in [1.807, 2.05) is 19.2 Å². The molecule has 0 spiro atoms. The topological polar surface area (TPSA) is 37.6 Å². The Kier molecular flexibility index (Phi) is 7.79. The van der Waals surface area contributed by atoms with Crippen LogP contribution in [0.25, 0.3) is 0 Å². The van der Waals surface area contributed by atoms with Crippen LogP contribution in [-0.2, 0) is 17.3 Å². The SMILES string of the molecule is CC(=Nc1cc(C(C)(C)C)cc(C(C)(C)C)c1)c1cccc(CC=Nc2c(C)cc(C)cc2C)n1. The van der Waals surface area contributed by atoms with Gasteiger partial charge >= 0.3 is 0 Å².